The van der Waals surface area contributed by atoms with E-state index in [1.165, 1.54) is 24.0 Å². The molecule has 3 aliphatic heterocycles. The second kappa shape index (κ2) is 49.3. The van der Waals surface area contributed by atoms with Gasteiger partial charge in [0.1, 0.15) is 22.6 Å². The topological polar surface area (TPSA) is 248 Å². The summed E-state index contributed by atoms with van der Waals surface area (Å²) in [5.74, 6) is 0.227. The lowest BCUT2D eigenvalue weighted by Crippen LogP contribution is -2.50. The lowest BCUT2D eigenvalue weighted by atomic mass is 9.94. The third-order valence-electron chi connectivity index (χ3n) is 12.6. The Morgan fingerprint density at radius 3 is 1.13 bits per heavy atom. The third-order valence-corrected chi connectivity index (χ3v) is 13.6. The van der Waals surface area contributed by atoms with Crippen LogP contribution in [0, 0.1) is 0 Å². The summed E-state index contributed by atoms with van der Waals surface area (Å²) in [5, 5.41) is 3.43. The molecule has 4 aliphatic rings. The molecule has 97 heavy (non-hydrogen) atoms. The van der Waals surface area contributed by atoms with Crippen LogP contribution in [0.2, 0.25) is 0 Å². The Hall–Kier alpha value is -4.31. The Morgan fingerprint density at radius 1 is 0.526 bits per heavy atom. The molecular weight excluding hydrogens is 1360 g/mol. The molecule has 0 atom stereocenters. The number of aldehydes is 1. The van der Waals surface area contributed by atoms with Crippen molar-refractivity contribution in [3.8, 4) is 0 Å². The maximum absolute atomic E-state index is 12.7. The van der Waals surface area contributed by atoms with Crippen molar-refractivity contribution in [2.75, 3.05) is 140 Å². The SMILES string of the molecule is C.C.CC(C)(C)OC(=O)N1CCC(=O)CC1.COCCN.COCCN(CC(F)(F)F)C1CCCCC1.COCCN(CC(F)(F)F)C1CCN(C(=O)OC(C)(C)C)CC1.COCCNC1CCN(C(=O)OC(C)(C)C)CC1.O=CC(F)(F)F.O=S(=O)(OCC(F)(F)F)C(F)(F)F. The van der Waals surface area contributed by atoms with Gasteiger partial charge in [-0.2, -0.15) is 74.3 Å². The standard InChI is InChI=1S/C15H27F3N2O3.C13H26N2O3.C11H20F3NO.C10H17NO3.C3H2F6O3S.C3H9NO.C2HF3O.2CH4/c1-14(2,3)23-13(21)19-7-5-12(6-8-19)20(9-10-22-4)11-15(16,17)18;1-13(2,3)18-12(16)15-8-5-11(6-9-15)14-7-10-17-4;1-16-8-7-15(9-11(12,13)14)10-5-3-2-4-6-10;1-10(2,3)14-9(13)11-6-4-8(12)5-7-11;4-2(5,6)1-12-13(10,11)3(7,8)9;1-5-3-2-4;3-2(4,5)1-6;;/h12H,5-11H2,1-4H3;11,14H,5-10H2,1-4H3;10H,2-9H2,1H3;4-7H2,1-3H3;1H2;2-4H2,1H3;1H;2*1H4. The van der Waals surface area contributed by atoms with Crippen LogP contribution >= 0.6 is 0 Å². The molecule has 4 rings (SSSR count). The van der Waals surface area contributed by atoms with Crippen LogP contribution in [0.15, 0.2) is 0 Å². The number of hydrogen-bond acceptors (Lipinski definition) is 19. The van der Waals surface area contributed by atoms with Gasteiger partial charge in [0, 0.05) is 125 Å². The average molecular weight is 1470 g/mol. The van der Waals surface area contributed by atoms with E-state index in [0.717, 1.165) is 71.2 Å². The van der Waals surface area contributed by atoms with Crippen molar-refractivity contribution in [2.45, 2.75) is 213 Å². The molecule has 4 fully saturated rings. The summed E-state index contributed by atoms with van der Waals surface area (Å²) in [5.41, 5.74) is -2.27. The Balaban J connectivity index is -0.000000351. The molecule has 0 aromatic carbocycles. The highest BCUT2D eigenvalue weighted by atomic mass is 32.2. The second-order valence-corrected chi connectivity index (χ2v) is 26.2. The molecule has 0 aromatic heterocycles. The Bertz CT molecular complexity index is 2190. The zero-order chi connectivity index (χ0) is 74.3. The van der Waals surface area contributed by atoms with E-state index in [-0.39, 0.29) is 58.1 Å². The number of nitrogens with zero attached hydrogens (tertiary/aromatic N) is 5. The summed E-state index contributed by atoms with van der Waals surface area (Å²) < 4.78 is 232. The van der Waals surface area contributed by atoms with Crippen molar-refractivity contribution in [2.24, 2.45) is 5.73 Å². The van der Waals surface area contributed by atoms with Gasteiger partial charge in [-0.1, -0.05) is 34.1 Å². The van der Waals surface area contributed by atoms with Crippen LogP contribution in [0.1, 0.15) is 148 Å². The van der Waals surface area contributed by atoms with Crippen molar-refractivity contribution in [1.82, 2.24) is 29.8 Å². The lowest BCUT2D eigenvalue weighted by molar-refractivity contribution is -0.156. The highest BCUT2D eigenvalue weighted by molar-refractivity contribution is 7.87. The normalized spacial score (nSPS) is 16.4. The number of alkyl halides is 15. The minimum Gasteiger partial charge on any atom is -0.444 e. The zero-order valence-electron chi connectivity index (χ0n) is 56.6. The maximum Gasteiger partial charge on any atom is 0.523 e. The molecule has 3 heterocycles. The Morgan fingerprint density at radius 2 is 0.856 bits per heavy atom. The van der Waals surface area contributed by atoms with Gasteiger partial charge in [0.05, 0.1) is 39.5 Å². The molecule has 3 saturated heterocycles. The molecule has 1 aliphatic carbocycles. The summed E-state index contributed by atoms with van der Waals surface area (Å²) in [6.07, 6.45) is -11.2. The number of nitrogens with one attached hydrogen (secondary N) is 1. The molecule has 3 amide bonds. The van der Waals surface area contributed by atoms with Crippen molar-refractivity contribution in [1.29, 1.82) is 0 Å². The highest BCUT2D eigenvalue weighted by Gasteiger charge is 2.49. The van der Waals surface area contributed by atoms with Crippen LogP contribution in [0.4, 0.5) is 80.2 Å². The highest BCUT2D eigenvalue weighted by Crippen LogP contribution is 2.29. The number of Topliss-reactive ketones (excluding diaryl/α,β-unsaturated/α-hetero) is 1. The van der Waals surface area contributed by atoms with Gasteiger partial charge in [0.15, 0.2) is 6.61 Å². The van der Waals surface area contributed by atoms with Gasteiger partial charge in [-0.05, 0) is 101 Å². The van der Waals surface area contributed by atoms with Gasteiger partial charge in [0.25, 0.3) is 0 Å². The molecule has 0 spiro atoms. The number of likely N-dealkylation sites (tertiary alicyclic amines) is 3. The van der Waals surface area contributed by atoms with Crippen LogP contribution in [-0.4, -0.2) is 268 Å². The number of ether oxygens (including phenoxy) is 7. The van der Waals surface area contributed by atoms with Crippen LogP contribution in [-0.2, 0) is 57.0 Å². The van der Waals surface area contributed by atoms with Crippen molar-refractivity contribution >= 4 is 40.5 Å². The first-order valence-corrected chi connectivity index (χ1v) is 31.7. The molecule has 0 radical (unpaired) electrons. The number of carbonyl (C=O) groups excluding carboxylic acids is 5. The van der Waals surface area contributed by atoms with E-state index in [1.807, 2.05) is 41.5 Å². The fourth-order valence-corrected chi connectivity index (χ4v) is 8.82. The first-order valence-electron chi connectivity index (χ1n) is 30.3. The summed E-state index contributed by atoms with van der Waals surface area (Å²) in [6, 6.07) is 0.370. The van der Waals surface area contributed by atoms with E-state index in [0.29, 0.717) is 84.2 Å². The van der Waals surface area contributed by atoms with E-state index in [4.69, 9.17) is 38.9 Å². The van der Waals surface area contributed by atoms with E-state index in [9.17, 15) is 93.5 Å². The van der Waals surface area contributed by atoms with Crippen LogP contribution in [0.3, 0.4) is 0 Å². The van der Waals surface area contributed by atoms with Gasteiger partial charge in [0.2, 0.25) is 6.29 Å². The van der Waals surface area contributed by atoms with Crippen molar-refractivity contribution < 1.29 is 136 Å². The fraction of sp³-hybridized carbons (Fsp3) is 0.915. The van der Waals surface area contributed by atoms with E-state index in [1.54, 1.807) is 49.7 Å². The number of ketones is 1. The summed E-state index contributed by atoms with van der Waals surface area (Å²) in [7, 11) is 0.172. The van der Waals surface area contributed by atoms with Gasteiger partial charge >= 0.3 is 58.6 Å². The summed E-state index contributed by atoms with van der Waals surface area (Å²) >= 11 is 0. The third kappa shape index (κ3) is 58.1. The molecule has 22 nitrogen and oxygen atoms in total. The van der Waals surface area contributed by atoms with Crippen molar-refractivity contribution in [3.05, 3.63) is 0 Å². The second-order valence-electron chi connectivity index (χ2n) is 24.6. The fourth-order valence-electron chi connectivity index (χ4n) is 8.40. The summed E-state index contributed by atoms with van der Waals surface area (Å²) in [4.78, 5) is 62.8. The minimum absolute atomic E-state index is 0. The Labute approximate surface area is 563 Å². The van der Waals surface area contributed by atoms with Gasteiger partial charge in [-0.25, -0.2) is 14.4 Å². The number of hydrogen-bond donors (Lipinski definition) is 2. The molecule has 0 unspecified atom stereocenters. The Kier molecular flexibility index (Phi) is 51.5. The minimum atomic E-state index is -6.15. The van der Waals surface area contributed by atoms with E-state index in [2.05, 4.69) is 14.2 Å². The maximum atomic E-state index is 12.7. The van der Waals surface area contributed by atoms with Gasteiger partial charge in [-0.3, -0.25) is 23.6 Å². The lowest BCUT2D eigenvalue weighted by Gasteiger charge is -2.39. The average Bonchev–Trinajstić information content (AvgIpc) is 0.860. The number of amides is 3. The predicted octanol–water partition coefficient (Wildman–Crippen LogP) is 12.0. The molecule has 582 valence electrons. The number of rotatable bonds is 18. The molecule has 3 N–H and O–H groups in total. The van der Waals surface area contributed by atoms with Crippen molar-refractivity contribution in [3.63, 3.8) is 0 Å². The van der Waals surface area contributed by atoms with E-state index < -0.39 is 89.2 Å². The monoisotopic (exact) mass is 1470 g/mol. The number of piperidine rings is 3. The zero-order valence-corrected chi connectivity index (χ0v) is 57.4. The number of nitrogens with two attached hydrogens (primary N) is 1. The molecular formula is C59H110F15N7O15S. The van der Waals surface area contributed by atoms with Gasteiger partial charge < -0.3 is 58.9 Å². The molecule has 1 saturated carbocycles. The number of methoxy groups -OCH3 is 4. The number of halogens is 15. The smallest absolute Gasteiger partial charge is 0.444 e. The quantitative estimate of drug-likeness (QED) is 0.0323. The summed E-state index contributed by atoms with van der Waals surface area (Å²) in [6.45, 7) is 19.7. The first-order chi connectivity index (χ1) is 43.3. The number of carbonyl (C=O) groups is 5. The van der Waals surface area contributed by atoms with Crippen LogP contribution < -0.4 is 11.1 Å². The largest absolute Gasteiger partial charge is 0.523 e. The van der Waals surface area contributed by atoms with E-state index >= 15 is 0 Å². The molecule has 0 bridgehead atoms. The van der Waals surface area contributed by atoms with Crippen LogP contribution in [0.5, 0.6) is 0 Å². The molecule has 0 aromatic rings. The van der Waals surface area contributed by atoms with Gasteiger partial charge in [-0.15, -0.1) is 0 Å². The van der Waals surface area contributed by atoms with Crippen LogP contribution in [0.25, 0.3) is 0 Å². The first kappa shape index (κ1) is 101. The molecule has 38 heteroatoms. The predicted molar refractivity (Wildman–Crippen MR) is 333 cm³/mol.